The average molecular weight is 335 g/mol. The number of oxazole rings is 1. The number of hydrogen-bond donors (Lipinski definition) is 2. The number of nitrogens with zero attached hydrogens (tertiary/aromatic N) is 3. The van der Waals surface area contributed by atoms with E-state index in [2.05, 4.69) is 32.5 Å². The molecule has 2 aromatic heterocycles. The third-order valence-electron chi connectivity index (χ3n) is 3.67. The summed E-state index contributed by atoms with van der Waals surface area (Å²) in [5.41, 5.74) is 3.94. The normalized spacial score (nSPS) is 11.4. The molecule has 6 heteroatoms. The number of aliphatic imine (C=N–C) groups is 1. The Balaban J connectivity index is 1.54. The maximum atomic E-state index is 5.56. The zero-order valence-electron chi connectivity index (χ0n) is 14.4. The summed E-state index contributed by atoms with van der Waals surface area (Å²) >= 11 is 0. The van der Waals surface area contributed by atoms with Crippen molar-refractivity contribution in [3.63, 3.8) is 0 Å². The van der Waals surface area contributed by atoms with E-state index in [0.717, 1.165) is 17.0 Å². The van der Waals surface area contributed by atoms with Crippen molar-refractivity contribution in [3.05, 3.63) is 71.9 Å². The number of nitrogens with one attached hydrogen (secondary N) is 2. The van der Waals surface area contributed by atoms with Crippen LogP contribution in [0.15, 0.2) is 64.3 Å². The lowest BCUT2D eigenvalue weighted by atomic mass is 10.1. The molecule has 0 amide bonds. The molecular formula is C19H21N5O. The first kappa shape index (κ1) is 16.7. The van der Waals surface area contributed by atoms with Gasteiger partial charge in [-0.25, -0.2) is 4.98 Å². The SMILES string of the molecule is CN=C(NCc1ccccn1)NCc1coc(-c2ccc(C)cc2)n1. The third-order valence-corrected chi connectivity index (χ3v) is 3.67. The fraction of sp³-hybridized carbons (Fsp3) is 0.211. The van der Waals surface area contributed by atoms with Gasteiger partial charge < -0.3 is 15.1 Å². The number of guanidine groups is 1. The summed E-state index contributed by atoms with van der Waals surface area (Å²) in [6, 6.07) is 13.9. The first-order chi connectivity index (χ1) is 12.2. The number of pyridine rings is 1. The minimum atomic E-state index is 0.525. The van der Waals surface area contributed by atoms with Crippen LogP contribution in [0.5, 0.6) is 0 Å². The molecule has 0 radical (unpaired) electrons. The van der Waals surface area contributed by atoms with Crippen molar-refractivity contribution in [1.29, 1.82) is 0 Å². The molecule has 0 atom stereocenters. The van der Waals surface area contributed by atoms with Crippen LogP contribution in [0.2, 0.25) is 0 Å². The smallest absolute Gasteiger partial charge is 0.226 e. The summed E-state index contributed by atoms with van der Waals surface area (Å²) in [6.45, 7) is 3.18. The van der Waals surface area contributed by atoms with E-state index in [4.69, 9.17) is 4.42 Å². The van der Waals surface area contributed by atoms with E-state index in [1.54, 1.807) is 19.5 Å². The van der Waals surface area contributed by atoms with Gasteiger partial charge in [0.15, 0.2) is 5.96 Å². The molecule has 0 unspecified atom stereocenters. The largest absolute Gasteiger partial charge is 0.444 e. The molecule has 0 aliphatic rings. The van der Waals surface area contributed by atoms with Crippen LogP contribution in [0, 0.1) is 6.92 Å². The molecule has 0 aliphatic carbocycles. The summed E-state index contributed by atoms with van der Waals surface area (Å²) in [7, 11) is 1.73. The van der Waals surface area contributed by atoms with Crippen LogP contribution in [0.1, 0.15) is 17.0 Å². The second-order valence-electron chi connectivity index (χ2n) is 5.61. The molecule has 25 heavy (non-hydrogen) atoms. The molecule has 2 heterocycles. The zero-order chi connectivity index (χ0) is 17.5. The lowest BCUT2D eigenvalue weighted by molar-refractivity contribution is 0.572. The Hall–Kier alpha value is -3.15. The predicted octanol–water partition coefficient (Wildman–Crippen LogP) is 2.91. The van der Waals surface area contributed by atoms with Crippen LogP contribution in [0.4, 0.5) is 0 Å². The predicted molar refractivity (Wildman–Crippen MR) is 98.0 cm³/mol. The van der Waals surface area contributed by atoms with Gasteiger partial charge in [0.05, 0.1) is 24.5 Å². The van der Waals surface area contributed by atoms with Gasteiger partial charge in [-0.15, -0.1) is 0 Å². The Labute approximate surface area is 147 Å². The first-order valence-corrected chi connectivity index (χ1v) is 8.10. The van der Waals surface area contributed by atoms with Gasteiger partial charge in [-0.3, -0.25) is 9.98 Å². The van der Waals surface area contributed by atoms with Crippen LogP contribution in [-0.2, 0) is 13.1 Å². The van der Waals surface area contributed by atoms with E-state index in [1.165, 1.54) is 5.56 Å². The summed E-state index contributed by atoms with van der Waals surface area (Å²) < 4.78 is 5.56. The van der Waals surface area contributed by atoms with Gasteiger partial charge in [0, 0.05) is 18.8 Å². The Bertz CT molecular complexity index is 825. The Morgan fingerprint density at radius 3 is 2.48 bits per heavy atom. The molecule has 128 valence electrons. The van der Waals surface area contributed by atoms with Crippen molar-refractivity contribution >= 4 is 5.96 Å². The summed E-state index contributed by atoms with van der Waals surface area (Å²) in [5, 5.41) is 6.44. The summed E-state index contributed by atoms with van der Waals surface area (Å²) in [5.74, 6) is 1.30. The number of aryl methyl sites for hydroxylation is 1. The highest BCUT2D eigenvalue weighted by Gasteiger charge is 2.07. The molecular weight excluding hydrogens is 314 g/mol. The lowest BCUT2D eigenvalue weighted by Gasteiger charge is -2.10. The minimum Gasteiger partial charge on any atom is -0.444 e. The zero-order valence-corrected chi connectivity index (χ0v) is 14.4. The molecule has 3 aromatic rings. The average Bonchev–Trinajstić information content (AvgIpc) is 3.12. The van der Waals surface area contributed by atoms with Crippen LogP contribution < -0.4 is 10.6 Å². The lowest BCUT2D eigenvalue weighted by Crippen LogP contribution is -2.36. The summed E-state index contributed by atoms with van der Waals surface area (Å²) in [6.07, 6.45) is 3.43. The minimum absolute atomic E-state index is 0.525. The number of benzene rings is 1. The van der Waals surface area contributed by atoms with E-state index in [0.29, 0.717) is 24.9 Å². The molecule has 6 nitrogen and oxygen atoms in total. The van der Waals surface area contributed by atoms with Crippen LogP contribution >= 0.6 is 0 Å². The number of aromatic nitrogens is 2. The summed E-state index contributed by atoms with van der Waals surface area (Å²) in [4.78, 5) is 13.0. The van der Waals surface area contributed by atoms with Gasteiger partial charge in [0.1, 0.15) is 6.26 Å². The quantitative estimate of drug-likeness (QED) is 0.554. The molecule has 0 spiro atoms. The third kappa shape index (κ3) is 4.67. The van der Waals surface area contributed by atoms with Crippen molar-refractivity contribution in [2.24, 2.45) is 4.99 Å². The van der Waals surface area contributed by atoms with Gasteiger partial charge in [0.2, 0.25) is 5.89 Å². The van der Waals surface area contributed by atoms with Crippen LogP contribution in [0.3, 0.4) is 0 Å². The Morgan fingerprint density at radius 1 is 1.04 bits per heavy atom. The van der Waals surface area contributed by atoms with E-state index < -0.39 is 0 Å². The molecule has 0 saturated heterocycles. The molecule has 3 rings (SSSR count). The van der Waals surface area contributed by atoms with Gasteiger partial charge >= 0.3 is 0 Å². The standard InChI is InChI=1S/C19H21N5O/c1-14-6-8-15(9-7-14)18-24-17(13-25-18)12-23-19(20-2)22-11-16-5-3-4-10-21-16/h3-10,13H,11-12H2,1-2H3,(H2,20,22,23). The van der Waals surface area contributed by atoms with Gasteiger partial charge in [-0.1, -0.05) is 23.8 Å². The van der Waals surface area contributed by atoms with Crippen LogP contribution in [0.25, 0.3) is 11.5 Å². The van der Waals surface area contributed by atoms with E-state index in [1.807, 2.05) is 42.5 Å². The van der Waals surface area contributed by atoms with E-state index >= 15 is 0 Å². The van der Waals surface area contributed by atoms with Crippen molar-refractivity contribution in [2.45, 2.75) is 20.0 Å². The van der Waals surface area contributed by atoms with Crippen molar-refractivity contribution in [1.82, 2.24) is 20.6 Å². The maximum absolute atomic E-state index is 5.56. The maximum Gasteiger partial charge on any atom is 0.226 e. The molecule has 0 fully saturated rings. The van der Waals surface area contributed by atoms with E-state index in [9.17, 15) is 0 Å². The fourth-order valence-corrected chi connectivity index (χ4v) is 2.29. The molecule has 0 saturated carbocycles. The topological polar surface area (TPSA) is 75.3 Å². The van der Waals surface area contributed by atoms with Gasteiger partial charge in [-0.05, 0) is 31.2 Å². The molecule has 0 aliphatic heterocycles. The molecule has 2 N–H and O–H groups in total. The van der Waals surface area contributed by atoms with Gasteiger partial charge in [0.25, 0.3) is 0 Å². The second-order valence-corrected chi connectivity index (χ2v) is 5.61. The number of hydrogen-bond acceptors (Lipinski definition) is 4. The highest BCUT2D eigenvalue weighted by atomic mass is 16.3. The monoisotopic (exact) mass is 335 g/mol. The van der Waals surface area contributed by atoms with E-state index in [-0.39, 0.29) is 0 Å². The highest BCUT2D eigenvalue weighted by Crippen LogP contribution is 2.18. The first-order valence-electron chi connectivity index (χ1n) is 8.10. The second kappa shape index (κ2) is 8.10. The highest BCUT2D eigenvalue weighted by molar-refractivity contribution is 5.79. The van der Waals surface area contributed by atoms with Crippen molar-refractivity contribution < 1.29 is 4.42 Å². The Morgan fingerprint density at radius 2 is 1.80 bits per heavy atom. The fourth-order valence-electron chi connectivity index (χ4n) is 2.29. The van der Waals surface area contributed by atoms with Crippen molar-refractivity contribution in [3.8, 4) is 11.5 Å². The molecule has 0 bridgehead atoms. The Kier molecular flexibility index (Phi) is 5.41. The van der Waals surface area contributed by atoms with Crippen molar-refractivity contribution in [2.75, 3.05) is 7.05 Å². The molecule has 1 aromatic carbocycles. The number of rotatable bonds is 5. The van der Waals surface area contributed by atoms with Gasteiger partial charge in [-0.2, -0.15) is 0 Å². The van der Waals surface area contributed by atoms with Crippen LogP contribution in [-0.4, -0.2) is 23.0 Å².